The van der Waals surface area contributed by atoms with Crippen LogP contribution in [-0.4, -0.2) is 50.4 Å². The van der Waals surface area contributed by atoms with Crippen molar-refractivity contribution in [3.63, 3.8) is 0 Å². The van der Waals surface area contributed by atoms with Crippen molar-refractivity contribution in [2.24, 2.45) is 0 Å². The van der Waals surface area contributed by atoms with E-state index in [-0.39, 0.29) is 29.8 Å². The van der Waals surface area contributed by atoms with E-state index < -0.39 is 28.5 Å². The quantitative estimate of drug-likeness (QED) is 0.179. The number of benzene rings is 4. The highest BCUT2D eigenvalue weighted by Gasteiger charge is 2.34. The number of nitrogens with one attached hydrogen (secondary N) is 1. The van der Waals surface area contributed by atoms with Gasteiger partial charge in [-0.05, 0) is 80.4 Å². The van der Waals surface area contributed by atoms with Crippen LogP contribution in [0.3, 0.4) is 0 Å². The molecule has 1 unspecified atom stereocenters. The Kier molecular flexibility index (Phi) is 11.6. The van der Waals surface area contributed by atoms with E-state index in [9.17, 15) is 18.0 Å². The molecule has 4 aromatic rings. The smallest absolute Gasteiger partial charge is 0.264 e. The third kappa shape index (κ3) is 9.09. The molecule has 1 N–H and O–H groups in total. The fourth-order valence-electron chi connectivity index (χ4n) is 4.85. The first-order chi connectivity index (χ1) is 21.6. The molecule has 236 valence electrons. The van der Waals surface area contributed by atoms with Crippen molar-refractivity contribution < 1.29 is 22.7 Å². The Hall–Kier alpha value is -4.34. The minimum atomic E-state index is -4.20. The summed E-state index contributed by atoms with van der Waals surface area (Å²) in [7, 11) is -4.20. The number of carbonyl (C=O) groups excluding carboxylic acids is 2. The zero-order valence-corrected chi connectivity index (χ0v) is 27.2. The highest BCUT2D eigenvalue weighted by molar-refractivity contribution is 7.92. The van der Waals surface area contributed by atoms with E-state index in [0.29, 0.717) is 23.1 Å². The van der Waals surface area contributed by atoms with Crippen molar-refractivity contribution in [3.05, 3.63) is 125 Å². The summed E-state index contributed by atoms with van der Waals surface area (Å²) in [5.74, 6) is -0.340. The first-order valence-electron chi connectivity index (χ1n) is 14.8. The van der Waals surface area contributed by atoms with Crippen LogP contribution in [0.1, 0.15) is 31.9 Å². The maximum atomic E-state index is 14.4. The summed E-state index contributed by atoms with van der Waals surface area (Å²) in [6.45, 7) is 5.51. The van der Waals surface area contributed by atoms with E-state index in [1.807, 2.05) is 51.1 Å². The van der Waals surface area contributed by atoms with Crippen LogP contribution in [0.2, 0.25) is 5.02 Å². The third-order valence-corrected chi connectivity index (χ3v) is 9.05. The molecule has 0 radical (unpaired) electrons. The largest absolute Gasteiger partial charge is 0.494 e. The Balaban J connectivity index is 1.77. The van der Waals surface area contributed by atoms with E-state index in [1.54, 1.807) is 66.7 Å². The number of ether oxygens (including phenoxy) is 1. The molecule has 8 nitrogen and oxygen atoms in total. The second-order valence-corrected chi connectivity index (χ2v) is 13.1. The number of amides is 2. The third-order valence-electron chi connectivity index (χ3n) is 7.01. The van der Waals surface area contributed by atoms with Crippen LogP contribution < -0.4 is 14.4 Å². The first-order valence-corrected chi connectivity index (χ1v) is 16.6. The van der Waals surface area contributed by atoms with Crippen LogP contribution in [0, 0.1) is 0 Å². The fourth-order valence-corrected chi connectivity index (χ4v) is 6.39. The molecule has 10 heteroatoms. The maximum Gasteiger partial charge on any atom is 0.264 e. The summed E-state index contributed by atoms with van der Waals surface area (Å²) in [6, 6.07) is 29.9. The second kappa shape index (κ2) is 15.6. The Morgan fingerprint density at radius 3 is 2.00 bits per heavy atom. The average Bonchev–Trinajstić information content (AvgIpc) is 3.03. The predicted molar refractivity (Wildman–Crippen MR) is 178 cm³/mol. The van der Waals surface area contributed by atoms with E-state index in [1.165, 1.54) is 17.0 Å². The molecular weight excluding hydrogens is 610 g/mol. The van der Waals surface area contributed by atoms with Gasteiger partial charge in [0.25, 0.3) is 10.0 Å². The van der Waals surface area contributed by atoms with Crippen LogP contribution in [0.5, 0.6) is 5.75 Å². The summed E-state index contributed by atoms with van der Waals surface area (Å²) >= 11 is 6.13. The van der Waals surface area contributed by atoms with E-state index in [4.69, 9.17) is 16.3 Å². The SMILES string of the molecule is CCOc1ccc(S(=O)(=O)N(CC(=O)N(Cc2ccc(Cl)cc2)C(Cc2ccccc2)C(=O)NC(C)C)c2ccccc2)cc1. The van der Waals surface area contributed by atoms with Crippen molar-refractivity contribution in [3.8, 4) is 5.75 Å². The normalized spacial score (nSPS) is 11.9. The van der Waals surface area contributed by atoms with E-state index >= 15 is 0 Å². The number of sulfonamides is 1. The number of nitrogens with zero attached hydrogens (tertiary/aromatic N) is 2. The molecule has 2 amide bonds. The van der Waals surface area contributed by atoms with Crippen LogP contribution in [0.15, 0.2) is 114 Å². The summed E-state index contributed by atoms with van der Waals surface area (Å²) in [4.78, 5) is 29.6. The van der Waals surface area contributed by atoms with Crippen molar-refractivity contribution in [1.29, 1.82) is 0 Å². The summed E-state index contributed by atoms with van der Waals surface area (Å²) < 4.78 is 34.8. The minimum Gasteiger partial charge on any atom is -0.494 e. The molecule has 0 bridgehead atoms. The van der Waals surface area contributed by atoms with Crippen LogP contribution in [-0.2, 0) is 32.6 Å². The van der Waals surface area contributed by atoms with Gasteiger partial charge in [-0.1, -0.05) is 72.3 Å². The van der Waals surface area contributed by atoms with Crippen molar-refractivity contribution in [1.82, 2.24) is 10.2 Å². The molecule has 0 saturated heterocycles. The van der Waals surface area contributed by atoms with E-state index in [0.717, 1.165) is 15.4 Å². The number of hydrogen-bond acceptors (Lipinski definition) is 5. The Bertz CT molecular complexity index is 1650. The van der Waals surface area contributed by atoms with Crippen molar-refractivity contribution >= 4 is 39.1 Å². The van der Waals surface area contributed by atoms with Crippen molar-refractivity contribution in [2.45, 2.75) is 50.7 Å². The summed E-state index contributed by atoms with van der Waals surface area (Å²) in [6.07, 6.45) is 0.232. The van der Waals surface area contributed by atoms with Crippen LogP contribution in [0.25, 0.3) is 0 Å². The number of anilines is 1. The lowest BCUT2D eigenvalue weighted by atomic mass is 10.0. The topological polar surface area (TPSA) is 96.0 Å². The molecule has 0 aliphatic carbocycles. The highest BCUT2D eigenvalue weighted by atomic mass is 35.5. The van der Waals surface area contributed by atoms with Gasteiger partial charge in [-0.2, -0.15) is 0 Å². The lowest BCUT2D eigenvalue weighted by Gasteiger charge is -2.34. The van der Waals surface area contributed by atoms with Gasteiger partial charge in [0, 0.05) is 24.0 Å². The average molecular weight is 648 g/mol. The molecule has 4 aromatic carbocycles. The molecule has 0 saturated carbocycles. The zero-order valence-electron chi connectivity index (χ0n) is 25.6. The molecule has 0 aliphatic rings. The van der Waals surface area contributed by atoms with E-state index in [2.05, 4.69) is 5.32 Å². The molecule has 45 heavy (non-hydrogen) atoms. The molecule has 0 fully saturated rings. The predicted octanol–water partition coefficient (Wildman–Crippen LogP) is 6.10. The summed E-state index contributed by atoms with van der Waals surface area (Å²) in [5, 5.41) is 3.49. The standard InChI is InChI=1S/C35H38ClN3O5S/c1-4-44-31-19-21-32(22-20-31)45(42,43)39(30-13-9-6-10-14-30)25-34(40)38(24-28-15-17-29(36)18-16-28)33(35(41)37-26(2)3)23-27-11-7-5-8-12-27/h5-22,26,33H,4,23-25H2,1-3H3,(H,37,41). The van der Waals surface area contributed by atoms with Gasteiger partial charge in [0.15, 0.2) is 0 Å². The number of halogens is 1. The van der Waals surface area contributed by atoms with Gasteiger partial charge >= 0.3 is 0 Å². The number of rotatable bonds is 14. The van der Waals surface area contributed by atoms with Gasteiger partial charge in [-0.25, -0.2) is 8.42 Å². The molecule has 0 heterocycles. The molecule has 1 atom stereocenters. The van der Waals surface area contributed by atoms with Crippen LogP contribution >= 0.6 is 11.6 Å². The number of para-hydroxylation sites is 1. The molecule has 0 aliphatic heterocycles. The maximum absolute atomic E-state index is 14.4. The Morgan fingerprint density at radius 2 is 1.42 bits per heavy atom. The van der Waals surface area contributed by atoms with Gasteiger partial charge < -0.3 is 15.0 Å². The van der Waals surface area contributed by atoms with Crippen LogP contribution in [0.4, 0.5) is 5.69 Å². The highest BCUT2D eigenvalue weighted by Crippen LogP contribution is 2.26. The lowest BCUT2D eigenvalue weighted by Crippen LogP contribution is -2.54. The molecule has 0 spiro atoms. The molecule has 4 rings (SSSR count). The van der Waals surface area contributed by atoms with Gasteiger partial charge in [0.05, 0.1) is 17.2 Å². The monoisotopic (exact) mass is 647 g/mol. The van der Waals surface area contributed by atoms with Crippen molar-refractivity contribution in [2.75, 3.05) is 17.5 Å². The zero-order chi connectivity index (χ0) is 32.4. The second-order valence-electron chi connectivity index (χ2n) is 10.8. The molecular formula is C35H38ClN3O5S. The number of hydrogen-bond donors (Lipinski definition) is 1. The van der Waals surface area contributed by atoms with Gasteiger partial charge in [0.1, 0.15) is 18.3 Å². The lowest BCUT2D eigenvalue weighted by molar-refractivity contribution is -0.140. The Morgan fingerprint density at radius 1 is 0.822 bits per heavy atom. The summed E-state index contributed by atoms with van der Waals surface area (Å²) in [5.41, 5.74) is 1.92. The minimum absolute atomic E-state index is 0.00486. The fraction of sp³-hybridized carbons (Fsp3) is 0.257. The number of carbonyl (C=O) groups is 2. The van der Waals surface area contributed by atoms with Gasteiger partial charge in [-0.15, -0.1) is 0 Å². The van der Waals surface area contributed by atoms with Gasteiger partial charge in [0.2, 0.25) is 11.8 Å². The molecule has 0 aromatic heterocycles. The first kappa shape index (κ1) is 33.6. The Labute approximate surface area is 270 Å². The van der Waals surface area contributed by atoms with Gasteiger partial charge in [-0.3, -0.25) is 13.9 Å².